The molecule has 2 rings (SSSR count). The molecule has 0 aliphatic rings. The summed E-state index contributed by atoms with van der Waals surface area (Å²) in [4.78, 5) is 15.3. The highest BCUT2D eigenvalue weighted by Crippen LogP contribution is 2.26. The molecule has 0 spiro atoms. The van der Waals surface area contributed by atoms with E-state index in [0.29, 0.717) is 12.6 Å². The lowest BCUT2D eigenvalue weighted by molar-refractivity contribution is -0.122. The molecule has 3 nitrogen and oxygen atoms in total. The fraction of sp³-hybridized carbons (Fsp3) is 0.353. The average molecular weight is 320 g/mol. The first-order valence-corrected chi connectivity index (χ1v) is 8.14. The molecule has 0 bridgehead atoms. The fourth-order valence-electron chi connectivity index (χ4n) is 2.05. The number of hydrogen-bond acceptors (Lipinski definition) is 3. The third-order valence-corrected chi connectivity index (χ3v) is 4.55. The lowest BCUT2D eigenvalue weighted by Crippen LogP contribution is -2.40. The van der Waals surface area contributed by atoms with Crippen LogP contribution in [0.25, 0.3) is 0 Å². The Morgan fingerprint density at radius 2 is 1.95 bits per heavy atom. The summed E-state index contributed by atoms with van der Waals surface area (Å²) in [5, 5.41) is 5.02. The van der Waals surface area contributed by atoms with Crippen molar-refractivity contribution in [1.29, 1.82) is 0 Å². The van der Waals surface area contributed by atoms with Gasteiger partial charge in [-0.1, -0.05) is 18.2 Å². The van der Waals surface area contributed by atoms with E-state index in [1.807, 2.05) is 43.3 Å². The van der Waals surface area contributed by atoms with Crippen LogP contribution in [0.3, 0.4) is 0 Å². The molecule has 2 aromatic rings. The summed E-state index contributed by atoms with van der Waals surface area (Å²) in [6.45, 7) is 4.43. The monoisotopic (exact) mass is 320 g/mol. The molecule has 1 N–H and O–H groups in total. The Kier molecular flexibility index (Phi) is 5.69. The minimum atomic E-state index is -0.278. The molecule has 0 unspecified atom stereocenters. The molecule has 1 atom stereocenters. The van der Waals surface area contributed by atoms with Crippen LogP contribution < -0.4 is 5.32 Å². The molecular weight excluding hydrogens is 299 g/mol. The molecule has 0 saturated heterocycles. The van der Waals surface area contributed by atoms with Crippen LogP contribution in [0.5, 0.6) is 0 Å². The summed E-state index contributed by atoms with van der Waals surface area (Å²) in [5.41, 5.74) is 0.879. The molecule has 118 valence electrons. The number of carbonyl (C=O) groups is 1. The summed E-state index contributed by atoms with van der Waals surface area (Å²) in [5.74, 6) is -0.321. The van der Waals surface area contributed by atoms with Crippen molar-refractivity contribution in [3.05, 3.63) is 58.0 Å². The van der Waals surface area contributed by atoms with Crippen LogP contribution in [0.2, 0.25) is 0 Å². The van der Waals surface area contributed by atoms with Crippen molar-refractivity contribution >= 4 is 17.2 Å². The summed E-state index contributed by atoms with van der Waals surface area (Å²) in [6.07, 6.45) is 0. The zero-order chi connectivity index (χ0) is 16.1. The molecule has 22 heavy (non-hydrogen) atoms. The van der Waals surface area contributed by atoms with Crippen LogP contribution in [0.1, 0.15) is 30.3 Å². The Morgan fingerprint density at radius 3 is 2.50 bits per heavy atom. The fourth-order valence-corrected chi connectivity index (χ4v) is 2.85. The Morgan fingerprint density at radius 1 is 1.27 bits per heavy atom. The van der Waals surface area contributed by atoms with Crippen molar-refractivity contribution < 1.29 is 9.18 Å². The molecule has 0 saturated carbocycles. The maximum atomic E-state index is 13.1. The van der Waals surface area contributed by atoms with Gasteiger partial charge in [0.25, 0.3) is 0 Å². The first kappa shape index (κ1) is 16.6. The number of hydrogen-bond donors (Lipinski definition) is 1. The first-order valence-electron chi connectivity index (χ1n) is 7.26. The van der Waals surface area contributed by atoms with E-state index >= 15 is 0 Å². The number of benzene rings is 1. The van der Waals surface area contributed by atoms with Gasteiger partial charge in [-0.15, -0.1) is 11.3 Å². The molecule has 1 heterocycles. The Balaban J connectivity index is 2.16. The molecule has 1 aromatic carbocycles. The largest absolute Gasteiger partial charge is 0.343 e. The van der Waals surface area contributed by atoms with Gasteiger partial charge in [0.15, 0.2) is 0 Å². The van der Waals surface area contributed by atoms with E-state index < -0.39 is 0 Å². The zero-order valence-corrected chi connectivity index (χ0v) is 13.9. The number of carbonyl (C=O) groups excluding carboxylic acids is 1. The standard InChI is InChI=1S/C17H21FN2OS/c1-12(2)20(3)11-16(21)19-17(15-5-4-10-22-15)13-6-8-14(18)9-7-13/h4-10,12,17H,11H2,1-3H3,(H,19,21)/t17-/m0/s1. The van der Waals surface area contributed by atoms with Gasteiger partial charge < -0.3 is 5.32 Å². The highest BCUT2D eigenvalue weighted by molar-refractivity contribution is 7.10. The predicted molar refractivity (Wildman–Crippen MR) is 88.5 cm³/mol. The third-order valence-electron chi connectivity index (χ3n) is 3.61. The number of nitrogens with zero attached hydrogens (tertiary/aromatic N) is 1. The molecular formula is C17H21FN2OS. The highest BCUT2D eigenvalue weighted by Gasteiger charge is 2.19. The topological polar surface area (TPSA) is 32.3 Å². The normalized spacial score (nSPS) is 12.6. The van der Waals surface area contributed by atoms with Gasteiger partial charge in [0.05, 0.1) is 12.6 Å². The van der Waals surface area contributed by atoms with Gasteiger partial charge >= 0.3 is 0 Å². The van der Waals surface area contributed by atoms with Gasteiger partial charge in [0, 0.05) is 10.9 Å². The SMILES string of the molecule is CC(C)N(C)CC(=O)N[C@@H](c1ccc(F)cc1)c1cccs1. The maximum absolute atomic E-state index is 13.1. The van der Waals surface area contributed by atoms with Gasteiger partial charge in [-0.2, -0.15) is 0 Å². The van der Waals surface area contributed by atoms with E-state index in [9.17, 15) is 9.18 Å². The Labute approximate surface area is 134 Å². The third kappa shape index (κ3) is 4.39. The number of halogens is 1. The maximum Gasteiger partial charge on any atom is 0.234 e. The molecule has 1 amide bonds. The number of nitrogens with one attached hydrogen (secondary N) is 1. The van der Waals surface area contributed by atoms with Gasteiger partial charge in [0.2, 0.25) is 5.91 Å². The molecule has 0 fully saturated rings. The van der Waals surface area contributed by atoms with Crippen molar-refractivity contribution in [2.24, 2.45) is 0 Å². The van der Waals surface area contributed by atoms with Crippen LogP contribution in [0, 0.1) is 5.82 Å². The summed E-state index contributed by atoms with van der Waals surface area (Å²) in [7, 11) is 1.92. The van der Waals surface area contributed by atoms with Crippen LogP contribution in [0.15, 0.2) is 41.8 Å². The zero-order valence-electron chi connectivity index (χ0n) is 13.0. The van der Waals surface area contributed by atoms with Crippen LogP contribution in [0.4, 0.5) is 4.39 Å². The van der Waals surface area contributed by atoms with E-state index in [1.54, 1.807) is 23.5 Å². The number of rotatable bonds is 6. The molecule has 5 heteroatoms. The quantitative estimate of drug-likeness (QED) is 0.884. The summed E-state index contributed by atoms with van der Waals surface area (Å²) < 4.78 is 13.1. The van der Waals surface area contributed by atoms with Crippen molar-refractivity contribution in [3.8, 4) is 0 Å². The smallest absolute Gasteiger partial charge is 0.234 e. The first-order chi connectivity index (χ1) is 10.5. The lowest BCUT2D eigenvalue weighted by atomic mass is 10.1. The van der Waals surface area contributed by atoms with E-state index in [0.717, 1.165) is 10.4 Å². The minimum absolute atomic E-state index is 0.0427. The van der Waals surface area contributed by atoms with Crippen molar-refractivity contribution in [1.82, 2.24) is 10.2 Å². The van der Waals surface area contributed by atoms with E-state index in [2.05, 4.69) is 5.32 Å². The van der Waals surface area contributed by atoms with Crippen molar-refractivity contribution in [2.45, 2.75) is 25.9 Å². The average Bonchev–Trinajstić information content (AvgIpc) is 2.99. The van der Waals surface area contributed by atoms with Gasteiger partial charge in [0.1, 0.15) is 5.82 Å². The summed E-state index contributed by atoms with van der Waals surface area (Å²) in [6, 6.07) is 10.3. The predicted octanol–water partition coefficient (Wildman–Crippen LogP) is 3.43. The molecule has 1 aromatic heterocycles. The van der Waals surface area contributed by atoms with E-state index in [1.165, 1.54) is 12.1 Å². The number of amides is 1. The molecule has 0 aliphatic heterocycles. The van der Waals surface area contributed by atoms with Crippen LogP contribution in [-0.4, -0.2) is 30.4 Å². The highest BCUT2D eigenvalue weighted by atomic mass is 32.1. The van der Waals surface area contributed by atoms with E-state index in [4.69, 9.17) is 0 Å². The Hall–Kier alpha value is -1.72. The van der Waals surface area contributed by atoms with E-state index in [-0.39, 0.29) is 17.8 Å². The minimum Gasteiger partial charge on any atom is -0.343 e. The number of thiophene rings is 1. The second-order valence-electron chi connectivity index (χ2n) is 5.58. The van der Waals surface area contributed by atoms with Gasteiger partial charge in [-0.05, 0) is 50.0 Å². The van der Waals surface area contributed by atoms with Crippen molar-refractivity contribution in [2.75, 3.05) is 13.6 Å². The second kappa shape index (κ2) is 7.51. The lowest BCUT2D eigenvalue weighted by Gasteiger charge is -2.23. The molecule has 0 radical (unpaired) electrons. The van der Waals surface area contributed by atoms with Crippen molar-refractivity contribution in [3.63, 3.8) is 0 Å². The van der Waals surface area contributed by atoms with Gasteiger partial charge in [-0.3, -0.25) is 9.69 Å². The number of likely N-dealkylation sites (N-methyl/N-ethyl adjacent to an activating group) is 1. The summed E-state index contributed by atoms with van der Waals surface area (Å²) >= 11 is 1.58. The Bertz CT molecular complexity index is 596. The molecule has 0 aliphatic carbocycles. The second-order valence-corrected chi connectivity index (χ2v) is 6.56. The van der Waals surface area contributed by atoms with Crippen LogP contribution >= 0.6 is 11.3 Å². The van der Waals surface area contributed by atoms with Crippen LogP contribution in [-0.2, 0) is 4.79 Å². The van der Waals surface area contributed by atoms with Gasteiger partial charge in [-0.25, -0.2) is 4.39 Å².